The molecular formula is C21H21N5O2S. The van der Waals surface area contributed by atoms with Crippen molar-refractivity contribution in [2.45, 2.75) is 30.9 Å². The fourth-order valence-electron chi connectivity index (χ4n) is 3.01. The first kappa shape index (κ1) is 19.3. The van der Waals surface area contributed by atoms with E-state index in [0.717, 1.165) is 28.0 Å². The normalized spacial score (nSPS) is 18.9. The zero-order chi connectivity index (χ0) is 20.4. The molecule has 29 heavy (non-hydrogen) atoms. The third-order valence-corrected chi connectivity index (χ3v) is 5.89. The predicted octanol–water partition coefficient (Wildman–Crippen LogP) is 3.31. The number of thioether (sulfide) groups is 1. The zero-order valence-corrected chi connectivity index (χ0v) is 17.3. The highest BCUT2D eigenvalue weighted by molar-refractivity contribution is 8.00. The van der Waals surface area contributed by atoms with E-state index in [0.29, 0.717) is 12.4 Å². The van der Waals surface area contributed by atoms with Crippen molar-refractivity contribution in [2.75, 3.05) is 0 Å². The minimum atomic E-state index is -0.360. The van der Waals surface area contributed by atoms with E-state index in [1.54, 1.807) is 0 Å². The quantitative estimate of drug-likeness (QED) is 0.686. The summed E-state index contributed by atoms with van der Waals surface area (Å²) in [6.07, 6.45) is 7.41. The number of rotatable bonds is 6. The van der Waals surface area contributed by atoms with E-state index in [2.05, 4.69) is 20.2 Å². The molecule has 0 fully saturated rings. The van der Waals surface area contributed by atoms with Gasteiger partial charge in [-0.1, -0.05) is 48.2 Å². The third-order valence-electron chi connectivity index (χ3n) is 4.76. The Hall–Kier alpha value is -3.00. The summed E-state index contributed by atoms with van der Waals surface area (Å²) in [6.45, 7) is 4.29. The molecule has 2 heterocycles. The Kier molecular flexibility index (Phi) is 5.44. The number of amides is 1. The van der Waals surface area contributed by atoms with Crippen LogP contribution in [0.1, 0.15) is 18.3 Å². The highest BCUT2D eigenvalue weighted by atomic mass is 32.2. The van der Waals surface area contributed by atoms with Crippen molar-refractivity contribution in [2.24, 2.45) is 23.0 Å². The zero-order valence-electron chi connectivity index (χ0n) is 16.4. The van der Waals surface area contributed by atoms with Gasteiger partial charge in [0, 0.05) is 7.05 Å². The van der Waals surface area contributed by atoms with E-state index < -0.39 is 0 Å². The number of benzene rings is 1. The Morgan fingerprint density at radius 2 is 2.03 bits per heavy atom. The van der Waals surface area contributed by atoms with Crippen LogP contribution >= 0.6 is 11.8 Å². The minimum absolute atomic E-state index is 0.139. The topological polar surface area (TPSA) is 81.7 Å². The van der Waals surface area contributed by atoms with Crippen molar-refractivity contribution in [3.05, 3.63) is 60.0 Å². The van der Waals surface area contributed by atoms with Crippen LogP contribution in [0, 0.1) is 12.8 Å². The average molecular weight is 407 g/mol. The summed E-state index contributed by atoms with van der Waals surface area (Å²) in [4.78, 5) is 21.1. The summed E-state index contributed by atoms with van der Waals surface area (Å²) in [6, 6.07) is 7.86. The van der Waals surface area contributed by atoms with Gasteiger partial charge in [-0.25, -0.2) is 4.99 Å². The second kappa shape index (κ2) is 8.16. The molecule has 2 unspecified atom stereocenters. The van der Waals surface area contributed by atoms with Crippen molar-refractivity contribution in [3.8, 4) is 5.75 Å². The van der Waals surface area contributed by atoms with Gasteiger partial charge in [0.25, 0.3) is 5.91 Å². The summed E-state index contributed by atoms with van der Waals surface area (Å²) in [5, 5.41) is 9.09. The molecular weight excluding hydrogens is 386 g/mol. The highest BCUT2D eigenvalue weighted by Crippen LogP contribution is 2.26. The van der Waals surface area contributed by atoms with Gasteiger partial charge in [-0.3, -0.25) is 4.79 Å². The fourth-order valence-corrected chi connectivity index (χ4v) is 3.89. The van der Waals surface area contributed by atoms with Gasteiger partial charge < -0.3 is 9.30 Å². The number of para-hydroxylation sites is 1. The number of amidine groups is 1. The van der Waals surface area contributed by atoms with Gasteiger partial charge in [-0.2, -0.15) is 4.99 Å². The molecule has 1 aromatic carbocycles. The number of aromatic nitrogens is 3. The first-order chi connectivity index (χ1) is 14.0. The Morgan fingerprint density at radius 1 is 1.21 bits per heavy atom. The van der Waals surface area contributed by atoms with Crippen LogP contribution in [0.4, 0.5) is 0 Å². The second-order valence-electron chi connectivity index (χ2n) is 6.84. The average Bonchev–Trinajstić information content (AvgIpc) is 3.07. The molecule has 0 spiro atoms. The van der Waals surface area contributed by atoms with Gasteiger partial charge in [0.2, 0.25) is 0 Å². The number of ether oxygens (including phenoxy) is 1. The summed E-state index contributed by atoms with van der Waals surface area (Å²) >= 11 is 1.47. The van der Waals surface area contributed by atoms with Gasteiger partial charge >= 0.3 is 0 Å². The van der Waals surface area contributed by atoms with Crippen LogP contribution in [0.25, 0.3) is 0 Å². The molecule has 1 amide bonds. The van der Waals surface area contributed by atoms with Crippen LogP contribution in [0.15, 0.2) is 63.7 Å². The predicted molar refractivity (Wildman–Crippen MR) is 113 cm³/mol. The summed E-state index contributed by atoms with van der Waals surface area (Å²) in [5.74, 6) is 1.51. The van der Waals surface area contributed by atoms with Crippen LogP contribution < -0.4 is 4.74 Å². The van der Waals surface area contributed by atoms with E-state index in [9.17, 15) is 4.79 Å². The van der Waals surface area contributed by atoms with E-state index in [1.807, 2.05) is 74.0 Å². The summed E-state index contributed by atoms with van der Waals surface area (Å²) in [5.41, 5.74) is 1.81. The lowest BCUT2D eigenvalue weighted by Gasteiger charge is -2.20. The maximum Gasteiger partial charge on any atom is 0.260 e. The largest absolute Gasteiger partial charge is 0.485 e. The standard InChI is InChI=1S/C21H21N5O2S/c1-13-8-4-7-11-17(13)28-12-18-24-25-21(26(18)3)29-14(2)19-22-16-10-6-5-9-15(16)20(27)23-19/h4-11,14-15H,12H2,1-3H3. The molecule has 2 aliphatic rings. The molecule has 1 aliphatic carbocycles. The molecule has 0 radical (unpaired) electrons. The molecule has 8 heteroatoms. The van der Waals surface area contributed by atoms with Crippen LogP contribution in [0.3, 0.4) is 0 Å². The van der Waals surface area contributed by atoms with Crippen LogP contribution in [0.2, 0.25) is 0 Å². The molecule has 1 aromatic heterocycles. The number of allylic oxidation sites excluding steroid dienone is 3. The van der Waals surface area contributed by atoms with Gasteiger partial charge in [0.15, 0.2) is 11.0 Å². The lowest BCUT2D eigenvalue weighted by atomic mass is 9.96. The van der Waals surface area contributed by atoms with Gasteiger partial charge in [-0.15, -0.1) is 10.2 Å². The molecule has 0 saturated heterocycles. The number of carbonyl (C=O) groups is 1. The Bertz CT molecular complexity index is 1070. The summed E-state index contributed by atoms with van der Waals surface area (Å²) in [7, 11) is 1.90. The van der Waals surface area contributed by atoms with E-state index in [-0.39, 0.29) is 17.1 Å². The second-order valence-corrected chi connectivity index (χ2v) is 8.15. The number of hydrogen-bond donors (Lipinski definition) is 0. The lowest BCUT2D eigenvalue weighted by Crippen LogP contribution is -2.30. The molecule has 2 atom stereocenters. The number of carbonyl (C=O) groups excluding carboxylic acids is 1. The molecule has 4 rings (SSSR count). The van der Waals surface area contributed by atoms with E-state index >= 15 is 0 Å². The van der Waals surface area contributed by atoms with Crippen molar-refractivity contribution in [3.63, 3.8) is 0 Å². The number of aliphatic imine (C=N–C) groups is 2. The van der Waals surface area contributed by atoms with Crippen LogP contribution in [-0.2, 0) is 18.4 Å². The number of fused-ring (bicyclic) bond motifs is 1. The van der Waals surface area contributed by atoms with Crippen molar-refractivity contribution < 1.29 is 9.53 Å². The van der Waals surface area contributed by atoms with E-state index in [4.69, 9.17) is 4.74 Å². The number of nitrogens with zero attached hydrogens (tertiary/aromatic N) is 5. The van der Waals surface area contributed by atoms with Crippen LogP contribution in [0.5, 0.6) is 5.75 Å². The Morgan fingerprint density at radius 3 is 2.86 bits per heavy atom. The third kappa shape index (κ3) is 4.07. The van der Waals surface area contributed by atoms with Crippen molar-refractivity contribution in [1.29, 1.82) is 0 Å². The number of aryl methyl sites for hydroxylation is 1. The van der Waals surface area contributed by atoms with Crippen molar-refractivity contribution >= 4 is 29.2 Å². The van der Waals surface area contributed by atoms with Crippen LogP contribution in [-0.4, -0.2) is 37.5 Å². The highest BCUT2D eigenvalue weighted by Gasteiger charge is 2.29. The van der Waals surface area contributed by atoms with Gasteiger partial charge in [0.05, 0.1) is 11.0 Å². The maximum atomic E-state index is 12.3. The lowest BCUT2D eigenvalue weighted by molar-refractivity contribution is -0.118. The molecule has 0 bridgehead atoms. The first-order valence-electron chi connectivity index (χ1n) is 9.32. The van der Waals surface area contributed by atoms with Gasteiger partial charge in [-0.05, 0) is 31.6 Å². The Labute approximate surface area is 173 Å². The monoisotopic (exact) mass is 407 g/mol. The smallest absolute Gasteiger partial charge is 0.260 e. The molecule has 2 aromatic rings. The van der Waals surface area contributed by atoms with Gasteiger partial charge in [0.1, 0.15) is 24.1 Å². The Balaban J connectivity index is 1.44. The van der Waals surface area contributed by atoms with E-state index in [1.165, 1.54) is 11.8 Å². The molecule has 0 saturated carbocycles. The fraction of sp³-hybridized carbons (Fsp3) is 0.286. The minimum Gasteiger partial charge on any atom is -0.485 e. The molecule has 7 nitrogen and oxygen atoms in total. The molecule has 148 valence electrons. The SMILES string of the molecule is Cc1ccccc1OCc1nnc(SC(C)C2=NC(=O)C3C=CC=CC3=N2)n1C. The van der Waals surface area contributed by atoms with Crippen molar-refractivity contribution in [1.82, 2.24) is 14.8 Å². The molecule has 1 aliphatic heterocycles. The maximum absolute atomic E-state index is 12.3. The first-order valence-corrected chi connectivity index (χ1v) is 10.2. The summed E-state index contributed by atoms with van der Waals surface area (Å²) < 4.78 is 7.77. The molecule has 0 N–H and O–H groups in total. The number of hydrogen-bond acceptors (Lipinski definition) is 6.